The molecule has 0 unspecified atom stereocenters. The summed E-state index contributed by atoms with van der Waals surface area (Å²) in [6.07, 6.45) is 2.33. The minimum Gasteiger partial charge on any atom is -0.307 e. The van der Waals surface area contributed by atoms with Gasteiger partial charge in [0.15, 0.2) is 5.82 Å². The Labute approximate surface area is 123 Å². The van der Waals surface area contributed by atoms with Gasteiger partial charge in [-0.2, -0.15) is 0 Å². The van der Waals surface area contributed by atoms with Crippen molar-refractivity contribution in [2.24, 2.45) is 0 Å². The van der Waals surface area contributed by atoms with Crippen LogP contribution in [0.5, 0.6) is 0 Å². The second-order valence-corrected chi connectivity index (χ2v) is 5.86. The summed E-state index contributed by atoms with van der Waals surface area (Å²) in [7, 11) is 0. The highest BCUT2D eigenvalue weighted by atomic mass is 79.9. The molecular formula is C12H10BrCl2N3. The van der Waals surface area contributed by atoms with Gasteiger partial charge in [-0.05, 0) is 47.0 Å². The maximum Gasteiger partial charge on any atom is 0.165 e. The molecule has 0 aliphatic heterocycles. The third-order valence-electron chi connectivity index (χ3n) is 2.97. The molecule has 3 nitrogen and oxygen atoms in total. The number of benzene rings is 1. The van der Waals surface area contributed by atoms with Gasteiger partial charge in [-0.15, -0.1) is 21.8 Å². The molecule has 1 aromatic heterocycles. The second-order valence-electron chi connectivity index (χ2n) is 4.30. The molecule has 6 heteroatoms. The van der Waals surface area contributed by atoms with Crippen molar-refractivity contribution < 1.29 is 0 Å². The largest absolute Gasteiger partial charge is 0.307 e. The summed E-state index contributed by atoms with van der Waals surface area (Å²) in [6, 6.07) is 6.16. The summed E-state index contributed by atoms with van der Waals surface area (Å²) in [4.78, 5) is 0. The Morgan fingerprint density at radius 1 is 1.33 bits per heavy atom. The second kappa shape index (κ2) is 4.83. The molecule has 0 atom stereocenters. The van der Waals surface area contributed by atoms with E-state index in [-0.39, 0.29) is 0 Å². The Bertz CT molecular complexity index is 593. The van der Waals surface area contributed by atoms with Crippen molar-refractivity contribution in [2.45, 2.75) is 24.8 Å². The lowest BCUT2D eigenvalue weighted by Gasteiger charge is -2.09. The van der Waals surface area contributed by atoms with E-state index in [0.29, 0.717) is 16.9 Å². The number of hydrogen-bond donors (Lipinski definition) is 0. The molecule has 2 aromatic rings. The van der Waals surface area contributed by atoms with Gasteiger partial charge in [-0.3, -0.25) is 0 Å². The summed E-state index contributed by atoms with van der Waals surface area (Å²) in [5.74, 6) is 2.07. The maximum absolute atomic E-state index is 5.96. The molecule has 1 heterocycles. The van der Waals surface area contributed by atoms with Crippen LogP contribution in [0.25, 0.3) is 11.4 Å². The number of halogens is 3. The van der Waals surface area contributed by atoms with E-state index in [1.54, 1.807) is 0 Å². The summed E-state index contributed by atoms with van der Waals surface area (Å²) in [5, 5.41) is 9.12. The molecule has 0 bridgehead atoms. The Balaban J connectivity index is 2.13. The first kappa shape index (κ1) is 12.5. The van der Waals surface area contributed by atoms with Crippen LogP contribution in [0.1, 0.15) is 24.7 Å². The van der Waals surface area contributed by atoms with E-state index in [4.69, 9.17) is 23.2 Å². The minimum atomic E-state index is 0.384. The lowest BCUT2D eigenvalue weighted by atomic mass is 10.2. The van der Waals surface area contributed by atoms with Gasteiger partial charge in [0, 0.05) is 21.1 Å². The molecule has 94 valence electrons. The molecule has 1 fully saturated rings. The van der Waals surface area contributed by atoms with Gasteiger partial charge < -0.3 is 4.57 Å². The quantitative estimate of drug-likeness (QED) is 0.769. The average molecular weight is 347 g/mol. The molecule has 0 amide bonds. The third-order valence-corrected chi connectivity index (χ3v) is 4.10. The lowest BCUT2D eigenvalue weighted by Crippen LogP contribution is -2.02. The summed E-state index contributed by atoms with van der Waals surface area (Å²) in [6.45, 7) is 0. The molecule has 1 aliphatic carbocycles. The summed E-state index contributed by atoms with van der Waals surface area (Å²) >= 11 is 15.4. The van der Waals surface area contributed by atoms with E-state index in [1.165, 1.54) is 12.8 Å². The first-order valence-electron chi connectivity index (χ1n) is 5.66. The molecule has 0 spiro atoms. The van der Waals surface area contributed by atoms with Gasteiger partial charge in [0.2, 0.25) is 0 Å². The van der Waals surface area contributed by atoms with Crippen LogP contribution >= 0.6 is 39.1 Å². The number of rotatable bonds is 3. The summed E-state index contributed by atoms with van der Waals surface area (Å²) in [5.41, 5.74) is 0.996. The highest BCUT2D eigenvalue weighted by molar-refractivity contribution is 9.10. The predicted octanol–water partition coefficient (Wildman–Crippen LogP) is 4.43. The van der Waals surface area contributed by atoms with E-state index < -0.39 is 0 Å². The molecule has 0 N–H and O–H groups in total. The smallest absolute Gasteiger partial charge is 0.165 e. The van der Waals surface area contributed by atoms with Gasteiger partial charge >= 0.3 is 0 Å². The highest BCUT2D eigenvalue weighted by Crippen LogP contribution is 2.40. The number of hydrogen-bond acceptors (Lipinski definition) is 2. The van der Waals surface area contributed by atoms with Gasteiger partial charge in [0.25, 0.3) is 0 Å². The Morgan fingerprint density at radius 3 is 2.72 bits per heavy atom. The predicted molar refractivity (Wildman–Crippen MR) is 76.0 cm³/mol. The zero-order chi connectivity index (χ0) is 12.7. The number of nitrogens with zero attached hydrogens (tertiary/aromatic N) is 3. The van der Waals surface area contributed by atoms with Crippen LogP contribution in [0.15, 0.2) is 22.7 Å². The molecule has 3 rings (SSSR count). The van der Waals surface area contributed by atoms with Crippen LogP contribution in [-0.2, 0) is 5.88 Å². The van der Waals surface area contributed by atoms with Crippen molar-refractivity contribution in [3.8, 4) is 11.4 Å². The van der Waals surface area contributed by atoms with Gasteiger partial charge in [0.1, 0.15) is 5.82 Å². The average Bonchev–Trinajstić information content (AvgIpc) is 3.09. The fraction of sp³-hybridized carbons (Fsp3) is 0.333. The van der Waals surface area contributed by atoms with Crippen molar-refractivity contribution in [3.05, 3.63) is 33.5 Å². The van der Waals surface area contributed by atoms with E-state index in [1.807, 2.05) is 18.2 Å². The van der Waals surface area contributed by atoms with E-state index in [0.717, 1.165) is 21.7 Å². The van der Waals surface area contributed by atoms with Gasteiger partial charge in [0.05, 0.1) is 5.88 Å². The van der Waals surface area contributed by atoms with Crippen LogP contribution in [-0.4, -0.2) is 14.8 Å². The topological polar surface area (TPSA) is 30.7 Å². The number of aromatic nitrogens is 3. The van der Waals surface area contributed by atoms with Crippen molar-refractivity contribution in [2.75, 3.05) is 0 Å². The van der Waals surface area contributed by atoms with Crippen LogP contribution in [0.3, 0.4) is 0 Å². The lowest BCUT2D eigenvalue weighted by molar-refractivity contribution is 0.712. The first-order chi connectivity index (χ1) is 8.70. The van der Waals surface area contributed by atoms with E-state index in [2.05, 4.69) is 30.7 Å². The SMILES string of the molecule is ClCc1nnc(-c2ccc(Cl)cc2Br)n1C1CC1. The van der Waals surface area contributed by atoms with Crippen LogP contribution in [0.2, 0.25) is 5.02 Å². The standard InChI is InChI=1S/C12H10BrCl2N3/c13-10-5-7(15)1-4-9(10)12-17-16-11(6-14)18(12)8-2-3-8/h1,4-5,8H,2-3,6H2. The summed E-state index contributed by atoms with van der Waals surface area (Å²) < 4.78 is 3.06. The van der Waals surface area contributed by atoms with Gasteiger partial charge in [-0.25, -0.2) is 0 Å². The maximum atomic E-state index is 5.96. The Kier molecular flexibility index (Phi) is 3.34. The van der Waals surface area contributed by atoms with Crippen LogP contribution < -0.4 is 0 Å². The van der Waals surface area contributed by atoms with Gasteiger partial charge in [-0.1, -0.05) is 11.6 Å². The van der Waals surface area contributed by atoms with Crippen LogP contribution in [0.4, 0.5) is 0 Å². The molecule has 0 radical (unpaired) electrons. The van der Waals surface area contributed by atoms with Crippen molar-refractivity contribution in [1.29, 1.82) is 0 Å². The van der Waals surface area contributed by atoms with E-state index in [9.17, 15) is 0 Å². The molecule has 1 saturated carbocycles. The number of alkyl halides is 1. The fourth-order valence-electron chi connectivity index (χ4n) is 1.99. The van der Waals surface area contributed by atoms with Crippen molar-refractivity contribution in [3.63, 3.8) is 0 Å². The molecule has 1 aromatic carbocycles. The molecular weight excluding hydrogens is 337 g/mol. The molecule has 0 saturated heterocycles. The third kappa shape index (κ3) is 2.17. The van der Waals surface area contributed by atoms with Crippen molar-refractivity contribution in [1.82, 2.24) is 14.8 Å². The fourth-order valence-corrected chi connectivity index (χ4v) is 3.03. The molecule has 1 aliphatic rings. The van der Waals surface area contributed by atoms with Crippen molar-refractivity contribution >= 4 is 39.1 Å². The highest BCUT2D eigenvalue weighted by Gasteiger charge is 2.30. The zero-order valence-corrected chi connectivity index (χ0v) is 12.5. The zero-order valence-electron chi connectivity index (χ0n) is 9.41. The van der Waals surface area contributed by atoms with E-state index >= 15 is 0 Å². The normalized spacial score (nSPS) is 15.1. The Morgan fingerprint density at radius 2 is 2.11 bits per heavy atom. The first-order valence-corrected chi connectivity index (χ1v) is 7.36. The Hall–Kier alpha value is -0.580. The van der Waals surface area contributed by atoms with Crippen LogP contribution in [0, 0.1) is 0 Å². The minimum absolute atomic E-state index is 0.384. The monoisotopic (exact) mass is 345 g/mol. The molecule has 18 heavy (non-hydrogen) atoms.